The van der Waals surface area contributed by atoms with E-state index in [0.717, 1.165) is 86.9 Å². The van der Waals surface area contributed by atoms with Crippen LogP contribution in [-0.4, -0.2) is 88.8 Å². The van der Waals surface area contributed by atoms with Crippen molar-refractivity contribution in [1.29, 1.82) is 5.26 Å². The van der Waals surface area contributed by atoms with Gasteiger partial charge in [0.1, 0.15) is 11.4 Å². The number of hydrogen-bond acceptors (Lipinski definition) is 9. The van der Waals surface area contributed by atoms with E-state index < -0.39 is 17.1 Å². The number of piperazine rings is 1. The number of carboxylic acids is 1. The third kappa shape index (κ3) is 6.73. The number of benzene rings is 2. The van der Waals surface area contributed by atoms with Crippen LogP contribution >= 0.6 is 0 Å². The molecule has 2 saturated heterocycles. The molecule has 2 unspecified atom stereocenters. The number of nitrogens with one attached hydrogen (secondary N) is 1. The summed E-state index contributed by atoms with van der Waals surface area (Å²) in [6.07, 6.45) is 6.12. The van der Waals surface area contributed by atoms with Crippen molar-refractivity contribution < 1.29 is 19.4 Å². The first-order valence-corrected chi connectivity index (χ1v) is 17.6. The number of carboxylic acid groups (broad SMARTS) is 1. The van der Waals surface area contributed by atoms with E-state index in [4.69, 9.17) is 9.84 Å². The Morgan fingerprint density at radius 1 is 0.920 bits per heavy atom. The number of amides is 1. The number of piperidine rings is 1. The van der Waals surface area contributed by atoms with Gasteiger partial charge in [0.15, 0.2) is 0 Å². The summed E-state index contributed by atoms with van der Waals surface area (Å²) in [6, 6.07) is 14.1. The first-order valence-electron chi connectivity index (χ1n) is 17.6. The number of carbonyl (C=O) groups excluding carboxylic acids is 1. The normalized spacial score (nSPS) is 23.9. The van der Waals surface area contributed by atoms with Crippen LogP contribution in [0.25, 0.3) is 0 Å². The summed E-state index contributed by atoms with van der Waals surface area (Å²) in [5, 5.41) is 21.8. The van der Waals surface area contributed by atoms with Gasteiger partial charge in [-0.2, -0.15) is 5.26 Å². The summed E-state index contributed by atoms with van der Waals surface area (Å²) in [7, 11) is 0. The molecule has 50 heavy (non-hydrogen) atoms. The maximum absolute atomic E-state index is 13.5. The van der Waals surface area contributed by atoms with Crippen molar-refractivity contribution in [3.63, 3.8) is 0 Å². The molecule has 2 atom stereocenters. The molecule has 2 aromatic carbocycles. The van der Waals surface area contributed by atoms with Gasteiger partial charge < -0.3 is 25.0 Å². The van der Waals surface area contributed by atoms with Crippen LogP contribution in [0.5, 0.6) is 5.75 Å². The minimum absolute atomic E-state index is 0.0807. The van der Waals surface area contributed by atoms with Crippen molar-refractivity contribution in [3.8, 4) is 11.8 Å². The maximum Gasteiger partial charge on any atom is 0.373 e. The Hall–Kier alpha value is -4.69. The van der Waals surface area contributed by atoms with E-state index in [9.17, 15) is 14.9 Å². The van der Waals surface area contributed by atoms with Gasteiger partial charge in [-0.3, -0.25) is 9.69 Å². The highest BCUT2D eigenvalue weighted by molar-refractivity contribution is 5.95. The van der Waals surface area contributed by atoms with Crippen molar-refractivity contribution in [2.75, 3.05) is 55.6 Å². The summed E-state index contributed by atoms with van der Waals surface area (Å²) in [4.78, 5) is 39.6. The molecule has 0 spiro atoms. The van der Waals surface area contributed by atoms with Gasteiger partial charge in [0.05, 0.1) is 35.3 Å². The zero-order valence-corrected chi connectivity index (χ0v) is 30.1. The fourth-order valence-electron chi connectivity index (χ4n) is 8.05. The van der Waals surface area contributed by atoms with Gasteiger partial charge in [0.25, 0.3) is 5.91 Å². The van der Waals surface area contributed by atoms with Gasteiger partial charge in [0.2, 0.25) is 5.82 Å². The quantitative estimate of drug-likeness (QED) is 0.300. The topological polar surface area (TPSA) is 135 Å². The van der Waals surface area contributed by atoms with Gasteiger partial charge in [0, 0.05) is 68.9 Å². The number of rotatable bonds is 9. The molecule has 2 aliphatic heterocycles. The number of ether oxygens (including phenoxy) is 1. The minimum Gasteiger partial charge on any atom is -0.487 e. The number of anilines is 2. The number of nitriles is 1. The molecule has 1 saturated carbocycles. The Balaban J connectivity index is 0.966. The van der Waals surface area contributed by atoms with Crippen LogP contribution in [0, 0.1) is 36.5 Å². The van der Waals surface area contributed by atoms with Crippen molar-refractivity contribution in [2.45, 2.75) is 71.9 Å². The molecule has 1 aromatic heterocycles. The standard InChI is InChI=1S/C39H49N7O4/c1-26-19-32(20-27(2)33(26)21-40)50-39(6)25-38(5,37(39,3)4)43-35(47)29-7-9-30(10-8-29)45-13-11-28(12-14-45)24-44-15-17-46(18-16-44)31-22-41-34(36(48)49)42-23-31/h7-10,19-20,22-23,28H,11-18,24-25H2,1-6H3,(H,43,47)(H,48,49). The highest BCUT2D eigenvalue weighted by atomic mass is 16.5. The SMILES string of the molecule is Cc1cc(OC2(C)CC(C)(NC(=O)c3ccc(N4CCC(CN5CCN(c6cnc(C(=O)O)nc6)CC5)CC4)cc3)C2(C)C)cc(C)c1C#N. The van der Waals surface area contributed by atoms with E-state index in [1.54, 1.807) is 12.4 Å². The predicted molar refractivity (Wildman–Crippen MR) is 193 cm³/mol. The predicted octanol–water partition coefficient (Wildman–Crippen LogP) is 5.46. The molecule has 0 radical (unpaired) electrons. The Morgan fingerprint density at radius 2 is 1.50 bits per heavy atom. The second kappa shape index (κ2) is 13.6. The lowest BCUT2D eigenvalue weighted by Gasteiger charge is -2.65. The molecule has 0 bridgehead atoms. The Morgan fingerprint density at radius 3 is 2.04 bits per heavy atom. The second-order valence-corrected chi connectivity index (χ2v) is 15.3. The van der Waals surface area contributed by atoms with Crippen LogP contribution < -0.4 is 19.9 Å². The number of aromatic nitrogens is 2. The van der Waals surface area contributed by atoms with E-state index in [2.05, 4.69) is 75.9 Å². The third-order valence-electron chi connectivity index (χ3n) is 11.9. The summed E-state index contributed by atoms with van der Waals surface area (Å²) < 4.78 is 6.57. The van der Waals surface area contributed by atoms with Crippen LogP contribution in [0.4, 0.5) is 11.4 Å². The minimum atomic E-state index is -1.11. The van der Waals surface area contributed by atoms with Crippen LogP contribution in [-0.2, 0) is 0 Å². The fourth-order valence-corrected chi connectivity index (χ4v) is 8.05. The fraction of sp³-hybridized carbons (Fsp3) is 0.513. The Kier molecular flexibility index (Phi) is 9.53. The Bertz CT molecular complexity index is 1750. The van der Waals surface area contributed by atoms with E-state index >= 15 is 0 Å². The van der Waals surface area contributed by atoms with E-state index in [1.807, 2.05) is 38.1 Å². The highest BCUT2D eigenvalue weighted by Gasteiger charge is 2.67. The molecule has 11 nitrogen and oxygen atoms in total. The number of nitrogens with zero attached hydrogens (tertiary/aromatic N) is 6. The van der Waals surface area contributed by atoms with Crippen molar-refractivity contribution in [2.24, 2.45) is 11.3 Å². The van der Waals surface area contributed by atoms with Crippen molar-refractivity contribution in [1.82, 2.24) is 20.2 Å². The molecule has 2 N–H and O–H groups in total. The summed E-state index contributed by atoms with van der Waals surface area (Å²) in [6.45, 7) is 19.1. The summed E-state index contributed by atoms with van der Waals surface area (Å²) in [5.41, 5.74) is 3.86. The van der Waals surface area contributed by atoms with Crippen molar-refractivity contribution >= 4 is 23.3 Å². The van der Waals surface area contributed by atoms with E-state index in [-0.39, 0.29) is 17.1 Å². The molecule has 3 fully saturated rings. The number of aromatic carboxylic acids is 1. The van der Waals surface area contributed by atoms with Gasteiger partial charge in [-0.1, -0.05) is 13.8 Å². The van der Waals surface area contributed by atoms with Crippen LogP contribution in [0.15, 0.2) is 48.8 Å². The molecule has 1 amide bonds. The average Bonchev–Trinajstić information content (AvgIpc) is 3.09. The second-order valence-electron chi connectivity index (χ2n) is 15.3. The number of aryl methyl sites for hydroxylation is 2. The molecule has 6 rings (SSSR count). The zero-order valence-electron chi connectivity index (χ0n) is 30.1. The number of carbonyl (C=O) groups is 2. The number of hydrogen-bond donors (Lipinski definition) is 2. The average molecular weight is 680 g/mol. The maximum atomic E-state index is 13.5. The van der Waals surface area contributed by atoms with Gasteiger partial charge in [-0.25, -0.2) is 14.8 Å². The molecule has 3 aliphatic rings. The van der Waals surface area contributed by atoms with Crippen molar-refractivity contribution in [3.05, 3.63) is 76.9 Å². The lowest BCUT2D eigenvalue weighted by molar-refractivity contribution is -0.180. The van der Waals surface area contributed by atoms with E-state index in [1.165, 1.54) is 0 Å². The smallest absolute Gasteiger partial charge is 0.373 e. The molecule has 3 aromatic rings. The zero-order chi connectivity index (χ0) is 35.8. The third-order valence-corrected chi connectivity index (χ3v) is 11.9. The van der Waals surface area contributed by atoms with Gasteiger partial charge >= 0.3 is 5.97 Å². The largest absolute Gasteiger partial charge is 0.487 e. The van der Waals surface area contributed by atoms with Crippen LogP contribution in [0.1, 0.15) is 84.6 Å². The molecule has 11 heteroatoms. The lowest BCUT2D eigenvalue weighted by atomic mass is 9.48. The molecular weight excluding hydrogens is 630 g/mol. The first kappa shape index (κ1) is 35.1. The first-order chi connectivity index (χ1) is 23.7. The Labute approximate surface area is 295 Å². The van der Waals surface area contributed by atoms with Crippen LogP contribution in [0.3, 0.4) is 0 Å². The summed E-state index contributed by atoms with van der Waals surface area (Å²) >= 11 is 0. The molecule has 264 valence electrons. The van der Waals surface area contributed by atoms with Crippen LogP contribution in [0.2, 0.25) is 0 Å². The van der Waals surface area contributed by atoms with Gasteiger partial charge in [-0.05, 0) is 94.0 Å². The monoisotopic (exact) mass is 679 g/mol. The molecular formula is C39H49N7O4. The highest BCUT2D eigenvalue weighted by Crippen LogP contribution is 2.58. The molecule has 1 aliphatic carbocycles. The summed E-state index contributed by atoms with van der Waals surface area (Å²) in [5.74, 6) is 0.0262. The lowest BCUT2D eigenvalue weighted by Crippen LogP contribution is -2.77. The van der Waals surface area contributed by atoms with Gasteiger partial charge in [-0.15, -0.1) is 0 Å². The molecule has 3 heterocycles. The van der Waals surface area contributed by atoms with E-state index in [0.29, 0.717) is 23.5 Å².